The standard InChI is InChI=1S/C20H25N3O4S/c1-13(2)19(24)22-17-9-6-15(7-10-17)12-21-20(25)16-8-5-14(3)18(11-16)23-28(4,26)27/h5-11,13,23H,12H2,1-4H3,(H,21,25)(H,22,24). The van der Waals surface area contributed by atoms with Crippen LogP contribution in [0.15, 0.2) is 42.5 Å². The molecule has 0 aliphatic heterocycles. The molecule has 0 aromatic heterocycles. The first-order valence-electron chi connectivity index (χ1n) is 8.81. The van der Waals surface area contributed by atoms with Crippen LogP contribution in [0.1, 0.15) is 35.3 Å². The molecule has 3 N–H and O–H groups in total. The lowest BCUT2D eigenvalue weighted by atomic mass is 10.1. The topological polar surface area (TPSA) is 104 Å². The lowest BCUT2D eigenvalue weighted by Crippen LogP contribution is -2.23. The van der Waals surface area contributed by atoms with Crippen LogP contribution in [0.5, 0.6) is 0 Å². The van der Waals surface area contributed by atoms with Crippen molar-refractivity contribution in [1.82, 2.24) is 5.32 Å². The molecule has 0 heterocycles. The van der Waals surface area contributed by atoms with Crippen molar-refractivity contribution in [2.45, 2.75) is 27.3 Å². The second kappa shape index (κ2) is 8.88. The van der Waals surface area contributed by atoms with Crippen LogP contribution < -0.4 is 15.4 Å². The van der Waals surface area contributed by atoms with Crippen LogP contribution in [-0.4, -0.2) is 26.5 Å². The number of hydrogen-bond donors (Lipinski definition) is 3. The molecule has 150 valence electrons. The van der Waals surface area contributed by atoms with E-state index in [2.05, 4.69) is 15.4 Å². The fourth-order valence-corrected chi connectivity index (χ4v) is 2.97. The second-order valence-electron chi connectivity index (χ2n) is 6.93. The Hall–Kier alpha value is -2.87. The van der Waals surface area contributed by atoms with E-state index in [0.717, 1.165) is 17.4 Å². The Bertz CT molecular complexity index is 967. The van der Waals surface area contributed by atoms with Crippen molar-refractivity contribution >= 4 is 33.2 Å². The highest BCUT2D eigenvalue weighted by Crippen LogP contribution is 2.18. The highest BCUT2D eigenvalue weighted by atomic mass is 32.2. The first kappa shape index (κ1) is 21.4. The largest absolute Gasteiger partial charge is 0.348 e. The Kier molecular flexibility index (Phi) is 6.80. The molecule has 28 heavy (non-hydrogen) atoms. The molecule has 0 bridgehead atoms. The van der Waals surface area contributed by atoms with E-state index < -0.39 is 10.0 Å². The van der Waals surface area contributed by atoms with Gasteiger partial charge < -0.3 is 10.6 Å². The summed E-state index contributed by atoms with van der Waals surface area (Å²) in [5.74, 6) is -0.469. The number of rotatable bonds is 7. The molecular weight excluding hydrogens is 378 g/mol. The minimum Gasteiger partial charge on any atom is -0.348 e. The molecule has 0 saturated heterocycles. The van der Waals surface area contributed by atoms with Gasteiger partial charge in [0.2, 0.25) is 15.9 Å². The molecule has 0 atom stereocenters. The van der Waals surface area contributed by atoms with Crippen molar-refractivity contribution in [3.63, 3.8) is 0 Å². The predicted octanol–water partition coefficient (Wildman–Crippen LogP) is 2.89. The van der Waals surface area contributed by atoms with Crippen LogP contribution >= 0.6 is 0 Å². The van der Waals surface area contributed by atoms with Gasteiger partial charge in [0.1, 0.15) is 0 Å². The molecule has 8 heteroatoms. The summed E-state index contributed by atoms with van der Waals surface area (Å²) in [6.07, 6.45) is 1.06. The molecule has 0 saturated carbocycles. The fourth-order valence-electron chi connectivity index (χ4n) is 2.35. The summed E-state index contributed by atoms with van der Waals surface area (Å²) >= 11 is 0. The maximum atomic E-state index is 12.4. The molecule has 7 nitrogen and oxygen atoms in total. The molecule has 0 radical (unpaired) electrons. The molecule has 2 aromatic carbocycles. The zero-order valence-electron chi connectivity index (χ0n) is 16.4. The molecule has 2 amide bonds. The Morgan fingerprint density at radius 1 is 1.04 bits per heavy atom. The maximum Gasteiger partial charge on any atom is 0.251 e. The molecule has 0 spiro atoms. The number of amides is 2. The number of benzene rings is 2. The van der Waals surface area contributed by atoms with Gasteiger partial charge in [0, 0.05) is 23.7 Å². The average molecular weight is 404 g/mol. The first-order chi connectivity index (χ1) is 13.0. The Morgan fingerprint density at radius 3 is 2.25 bits per heavy atom. The molecule has 0 fully saturated rings. The number of sulfonamides is 1. The van der Waals surface area contributed by atoms with Crippen LogP contribution in [-0.2, 0) is 21.4 Å². The van der Waals surface area contributed by atoms with Crippen molar-refractivity contribution in [1.29, 1.82) is 0 Å². The lowest BCUT2D eigenvalue weighted by Gasteiger charge is -2.11. The number of hydrogen-bond acceptors (Lipinski definition) is 4. The van der Waals surface area contributed by atoms with Crippen LogP contribution in [0.2, 0.25) is 0 Å². The minimum atomic E-state index is -3.43. The van der Waals surface area contributed by atoms with Gasteiger partial charge in [-0.3, -0.25) is 14.3 Å². The quantitative estimate of drug-likeness (QED) is 0.661. The minimum absolute atomic E-state index is 0.0565. The summed E-state index contributed by atoms with van der Waals surface area (Å²) in [5.41, 5.74) is 3.03. The Morgan fingerprint density at radius 2 is 1.68 bits per heavy atom. The number of carbonyl (C=O) groups is 2. The van der Waals surface area contributed by atoms with E-state index >= 15 is 0 Å². The van der Waals surface area contributed by atoms with E-state index in [-0.39, 0.29) is 17.7 Å². The highest BCUT2D eigenvalue weighted by molar-refractivity contribution is 7.92. The SMILES string of the molecule is Cc1ccc(C(=O)NCc2ccc(NC(=O)C(C)C)cc2)cc1NS(C)(=O)=O. The van der Waals surface area contributed by atoms with Crippen molar-refractivity contribution < 1.29 is 18.0 Å². The van der Waals surface area contributed by atoms with Gasteiger partial charge in [-0.2, -0.15) is 0 Å². The first-order valence-corrected chi connectivity index (χ1v) is 10.7. The maximum absolute atomic E-state index is 12.4. The molecular formula is C20H25N3O4S. The average Bonchev–Trinajstić information content (AvgIpc) is 2.61. The van der Waals surface area contributed by atoms with E-state index in [1.807, 2.05) is 26.0 Å². The molecule has 0 aliphatic rings. The summed E-state index contributed by atoms with van der Waals surface area (Å²) in [6.45, 7) is 5.71. The monoisotopic (exact) mass is 403 g/mol. The molecule has 2 aromatic rings. The van der Waals surface area contributed by atoms with E-state index in [9.17, 15) is 18.0 Å². The van der Waals surface area contributed by atoms with E-state index in [0.29, 0.717) is 23.5 Å². The molecule has 0 unspecified atom stereocenters. The number of aryl methyl sites for hydroxylation is 1. The summed E-state index contributed by atoms with van der Waals surface area (Å²) in [4.78, 5) is 24.1. The number of nitrogens with one attached hydrogen (secondary N) is 3. The predicted molar refractivity (Wildman–Crippen MR) is 111 cm³/mol. The Balaban J connectivity index is 2.00. The van der Waals surface area contributed by atoms with Gasteiger partial charge in [0.15, 0.2) is 0 Å². The number of anilines is 2. The van der Waals surface area contributed by atoms with Crippen molar-refractivity contribution in [3.8, 4) is 0 Å². The van der Waals surface area contributed by atoms with Crippen molar-refractivity contribution in [3.05, 3.63) is 59.2 Å². The third kappa shape index (κ3) is 6.38. The smallest absolute Gasteiger partial charge is 0.251 e. The van der Waals surface area contributed by atoms with Gasteiger partial charge in [0.25, 0.3) is 5.91 Å². The van der Waals surface area contributed by atoms with E-state index in [4.69, 9.17) is 0 Å². The van der Waals surface area contributed by atoms with Gasteiger partial charge >= 0.3 is 0 Å². The highest BCUT2D eigenvalue weighted by Gasteiger charge is 2.11. The van der Waals surface area contributed by atoms with Gasteiger partial charge in [-0.15, -0.1) is 0 Å². The van der Waals surface area contributed by atoms with Gasteiger partial charge in [-0.25, -0.2) is 8.42 Å². The Labute approximate surface area is 165 Å². The van der Waals surface area contributed by atoms with Crippen LogP contribution in [0.25, 0.3) is 0 Å². The van der Waals surface area contributed by atoms with Crippen molar-refractivity contribution in [2.24, 2.45) is 5.92 Å². The summed E-state index contributed by atoms with van der Waals surface area (Å²) < 4.78 is 25.3. The number of carbonyl (C=O) groups excluding carboxylic acids is 2. The van der Waals surface area contributed by atoms with E-state index in [1.165, 1.54) is 6.07 Å². The van der Waals surface area contributed by atoms with Gasteiger partial charge in [-0.1, -0.05) is 32.0 Å². The van der Waals surface area contributed by atoms with Crippen LogP contribution in [0.3, 0.4) is 0 Å². The fraction of sp³-hybridized carbons (Fsp3) is 0.300. The van der Waals surface area contributed by atoms with E-state index in [1.54, 1.807) is 31.2 Å². The van der Waals surface area contributed by atoms with Crippen LogP contribution in [0, 0.1) is 12.8 Å². The lowest BCUT2D eigenvalue weighted by molar-refractivity contribution is -0.118. The van der Waals surface area contributed by atoms with Crippen molar-refractivity contribution in [2.75, 3.05) is 16.3 Å². The zero-order valence-corrected chi connectivity index (χ0v) is 17.2. The molecule has 2 rings (SSSR count). The summed E-state index contributed by atoms with van der Waals surface area (Å²) in [6, 6.07) is 12.0. The third-order valence-electron chi connectivity index (χ3n) is 3.99. The van der Waals surface area contributed by atoms with Crippen LogP contribution in [0.4, 0.5) is 11.4 Å². The summed E-state index contributed by atoms with van der Waals surface area (Å²) in [5, 5.41) is 5.61. The van der Waals surface area contributed by atoms with Gasteiger partial charge in [-0.05, 0) is 42.3 Å². The normalized spacial score (nSPS) is 11.2. The molecule has 0 aliphatic carbocycles. The second-order valence-corrected chi connectivity index (χ2v) is 8.68. The summed E-state index contributed by atoms with van der Waals surface area (Å²) in [7, 11) is -3.43. The third-order valence-corrected chi connectivity index (χ3v) is 4.58. The van der Waals surface area contributed by atoms with Gasteiger partial charge in [0.05, 0.1) is 11.9 Å². The zero-order chi connectivity index (χ0) is 20.9.